The molecule has 2 atom stereocenters. The van der Waals surface area contributed by atoms with E-state index < -0.39 is 12.1 Å². The van der Waals surface area contributed by atoms with E-state index >= 15 is 0 Å². The van der Waals surface area contributed by atoms with Gasteiger partial charge in [0, 0.05) is 0 Å². The largest absolute Gasteiger partial charge is 0.346 e. The van der Waals surface area contributed by atoms with Gasteiger partial charge in [-0.2, -0.15) is 0 Å². The van der Waals surface area contributed by atoms with Crippen LogP contribution in [0.2, 0.25) is 0 Å². The maximum atomic E-state index is 10.7. The molecule has 0 spiro atoms. The number of carbonyl (C=O) groups is 2. The van der Waals surface area contributed by atoms with Crippen molar-refractivity contribution >= 4 is 12.2 Å². The van der Waals surface area contributed by atoms with Crippen molar-refractivity contribution in [3.05, 3.63) is 0 Å². The normalized spacial score (nSPS) is 15.5. The van der Waals surface area contributed by atoms with E-state index in [-0.39, 0.29) is 5.91 Å². The van der Waals surface area contributed by atoms with E-state index in [0.717, 1.165) is 0 Å². The summed E-state index contributed by atoms with van der Waals surface area (Å²) in [5.41, 5.74) is 5.21. The molecule has 4 heteroatoms. The zero-order chi connectivity index (χ0) is 8.15. The fourth-order valence-electron chi connectivity index (χ4n) is 0.390. The summed E-state index contributed by atoms with van der Waals surface area (Å²) in [6, 6.07) is -0.999. The monoisotopic (exact) mass is 144 g/mol. The first-order valence-corrected chi connectivity index (χ1v) is 3.09. The van der Waals surface area contributed by atoms with Crippen LogP contribution in [0.1, 0.15) is 13.8 Å². The van der Waals surface area contributed by atoms with Crippen LogP contribution in [-0.2, 0) is 9.59 Å². The molecule has 0 aliphatic rings. The predicted octanol–water partition coefficient (Wildman–Crippen LogP) is -0.963. The van der Waals surface area contributed by atoms with Crippen LogP contribution >= 0.6 is 0 Å². The van der Waals surface area contributed by atoms with E-state index in [1.807, 2.05) is 0 Å². The van der Waals surface area contributed by atoms with Crippen molar-refractivity contribution in [3.8, 4) is 0 Å². The summed E-state index contributed by atoms with van der Waals surface area (Å²) >= 11 is 0. The Labute approximate surface area is 59.8 Å². The Bertz CT molecular complexity index is 134. The summed E-state index contributed by atoms with van der Waals surface area (Å²) in [5.74, 6) is -0.306. The van der Waals surface area contributed by atoms with Gasteiger partial charge in [-0.25, -0.2) is 0 Å². The summed E-state index contributed by atoms with van der Waals surface area (Å²) in [6.45, 7) is 3.15. The van der Waals surface area contributed by atoms with Gasteiger partial charge in [0.05, 0.1) is 12.1 Å². The molecule has 0 aromatic carbocycles. The highest BCUT2D eigenvalue weighted by Crippen LogP contribution is 1.78. The third kappa shape index (κ3) is 3.19. The Hall–Kier alpha value is -0.900. The molecule has 4 nitrogen and oxygen atoms in total. The van der Waals surface area contributed by atoms with Gasteiger partial charge in [-0.05, 0) is 13.8 Å². The van der Waals surface area contributed by atoms with Crippen LogP contribution in [0.25, 0.3) is 0 Å². The first kappa shape index (κ1) is 9.10. The van der Waals surface area contributed by atoms with Gasteiger partial charge in [-0.1, -0.05) is 0 Å². The fourth-order valence-corrected chi connectivity index (χ4v) is 0.390. The molecule has 0 aliphatic carbocycles. The van der Waals surface area contributed by atoms with Crippen LogP contribution < -0.4 is 11.1 Å². The molecule has 1 amide bonds. The SMILES string of the molecule is CC(N)C(=O)N[C@H](C)C=O. The number of amides is 1. The van der Waals surface area contributed by atoms with E-state index in [1.165, 1.54) is 0 Å². The molecule has 0 rings (SSSR count). The second-order valence-electron chi connectivity index (χ2n) is 2.22. The van der Waals surface area contributed by atoms with Crippen molar-refractivity contribution in [2.75, 3.05) is 0 Å². The second kappa shape index (κ2) is 4.00. The van der Waals surface area contributed by atoms with Gasteiger partial charge < -0.3 is 15.8 Å². The molecular weight excluding hydrogens is 132 g/mol. The molecule has 0 saturated heterocycles. The second-order valence-corrected chi connectivity index (χ2v) is 2.22. The standard InChI is InChI=1S/C6H12N2O2/c1-4(3-9)8-6(10)5(2)7/h3-5H,7H2,1-2H3,(H,8,10)/t4-,5?/m1/s1. The summed E-state index contributed by atoms with van der Waals surface area (Å²) in [7, 11) is 0. The Kier molecular flexibility index (Phi) is 3.64. The Morgan fingerprint density at radius 1 is 1.60 bits per heavy atom. The summed E-state index contributed by atoms with van der Waals surface area (Å²) < 4.78 is 0. The molecule has 0 saturated carbocycles. The van der Waals surface area contributed by atoms with Crippen LogP contribution in [0.5, 0.6) is 0 Å². The molecule has 58 valence electrons. The molecule has 0 bridgehead atoms. The maximum Gasteiger partial charge on any atom is 0.237 e. The van der Waals surface area contributed by atoms with Crippen molar-refractivity contribution < 1.29 is 9.59 Å². The minimum atomic E-state index is -0.553. The molecule has 0 aromatic heterocycles. The van der Waals surface area contributed by atoms with Gasteiger partial charge in [0.15, 0.2) is 0 Å². The van der Waals surface area contributed by atoms with Crippen molar-refractivity contribution in [2.24, 2.45) is 5.73 Å². The Morgan fingerprint density at radius 2 is 2.10 bits per heavy atom. The molecule has 0 heterocycles. The number of carbonyl (C=O) groups excluding carboxylic acids is 2. The molecule has 0 aliphatic heterocycles. The van der Waals surface area contributed by atoms with Gasteiger partial charge in [-0.15, -0.1) is 0 Å². The minimum Gasteiger partial charge on any atom is -0.346 e. The minimum absolute atomic E-state index is 0.306. The topological polar surface area (TPSA) is 72.2 Å². The smallest absolute Gasteiger partial charge is 0.237 e. The molecule has 0 aromatic rings. The summed E-state index contributed by atoms with van der Waals surface area (Å²) in [6.07, 6.45) is 0.653. The van der Waals surface area contributed by atoms with E-state index in [0.29, 0.717) is 6.29 Å². The maximum absolute atomic E-state index is 10.7. The summed E-state index contributed by atoms with van der Waals surface area (Å²) in [4.78, 5) is 20.7. The van der Waals surface area contributed by atoms with Gasteiger partial charge in [-0.3, -0.25) is 4.79 Å². The lowest BCUT2D eigenvalue weighted by Crippen LogP contribution is -2.43. The van der Waals surface area contributed by atoms with Gasteiger partial charge in [0.25, 0.3) is 0 Å². The van der Waals surface area contributed by atoms with Gasteiger partial charge >= 0.3 is 0 Å². The van der Waals surface area contributed by atoms with Crippen molar-refractivity contribution in [3.63, 3.8) is 0 Å². The van der Waals surface area contributed by atoms with Crippen LogP contribution in [-0.4, -0.2) is 24.3 Å². The van der Waals surface area contributed by atoms with E-state index in [2.05, 4.69) is 5.32 Å². The van der Waals surface area contributed by atoms with E-state index in [9.17, 15) is 9.59 Å². The van der Waals surface area contributed by atoms with Crippen molar-refractivity contribution in [1.29, 1.82) is 0 Å². The molecule has 1 unspecified atom stereocenters. The highest BCUT2D eigenvalue weighted by atomic mass is 16.2. The van der Waals surface area contributed by atoms with E-state index in [1.54, 1.807) is 13.8 Å². The van der Waals surface area contributed by atoms with Gasteiger partial charge in [0.2, 0.25) is 5.91 Å². The highest BCUT2D eigenvalue weighted by molar-refractivity contribution is 5.83. The first-order valence-electron chi connectivity index (χ1n) is 3.09. The Morgan fingerprint density at radius 3 is 2.40 bits per heavy atom. The lowest BCUT2D eigenvalue weighted by molar-refractivity contribution is -0.124. The highest BCUT2D eigenvalue weighted by Gasteiger charge is 2.08. The first-order chi connectivity index (χ1) is 4.57. The molecule has 3 N–H and O–H groups in total. The fraction of sp³-hybridized carbons (Fsp3) is 0.667. The van der Waals surface area contributed by atoms with Crippen LogP contribution in [0, 0.1) is 0 Å². The molecule has 0 fully saturated rings. The predicted molar refractivity (Wildman–Crippen MR) is 37.3 cm³/mol. The van der Waals surface area contributed by atoms with Gasteiger partial charge in [0.1, 0.15) is 6.29 Å². The number of rotatable bonds is 3. The third-order valence-electron chi connectivity index (χ3n) is 0.988. The third-order valence-corrected chi connectivity index (χ3v) is 0.988. The number of nitrogens with two attached hydrogens (primary N) is 1. The number of hydrogen-bond acceptors (Lipinski definition) is 3. The zero-order valence-corrected chi connectivity index (χ0v) is 6.13. The molecule has 0 radical (unpaired) electrons. The molecule has 10 heavy (non-hydrogen) atoms. The number of nitrogens with one attached hydrogen (secondary N) is 1. The lowest BCUT2D eigenvalue weighted by atomic mass is 10.3. The van der Waals surface area contributed by atoms with Crippen LogP contribution in [0.15, 0.2) is 0 Å². The lowest BCUT2D eigenvalue weighted by Gasteiger charge is -2.08. The number of hydrogen-bond donors (Lipinski definition) is 2. The van der Waals surface area contributed by atoms with Crippen molar-refractivity contribution in [1.82, 2.24) is 5.32 Å². The zero-order valence-electron chi connectivity index (χ0n) is 6.13. The average molecular weight is 144 g/mol. The van der Waals surface area contributed by atoms with E-state index in [4.69, 9.17) is 5.73 Å². The van der Waals surface area contributed by atoms with Crippen LogP contribution in [0.3, 0.4) is 0 Å². The van der Waals surface area contributed by atoms with Crippen LogP contribution in [0.4, 0.5) is 0 Å². The molecular formula is C6H12N2O2. The number of aldehydes is 1. The quantitative estimate of drug-likeness (QED) is 0.501. The van der Waals surface area contributed by atoms with Crippen molar-refractivity contribution in [2.45, 2.75) is 25.9 Å². The summed E-state index contributed by atoms with van der Waals surface area (Å²) in [5, 5.41) is 2.40. The Balaban J connectivity index is 3.68. The average Bonchev–Trinajstić information content (AvgIpc) is 1.87.